The normalized spacial score (nSPS) is 9.75. The highest BCUT2D eigenvalue weighted by Gasteiger charge is 2.05. The van der Waals surface area contributed by atoms with E-state index in [1.807, 2.05) is 0 Å². The van der Waals surface area contributed by atoms with Gasteiger partial charge in [0.2, 0.25) is 0 Å². The highest BCUT2D eigenvalue weighted by Crippen LogP contribution is 2.18. The van der Waals surface area contributed by atoms with Crippen LogP contribution in [0.2, 0.25) is 0 Å². The van der Waals surface area contributed by atoms with Crippen LogP contribution in [-0.2, 0) is 0 Å². The van der Waals surface area contributed by atoms with Gasteiger partial charge in [0.25, 0.3) is 0 Å². The van der Waals surface area contributed by atoms with Gasteiger partial charge in [-0.3, -0.25) is 0 Å². The molecule has 0 unspecified atom stereocenters. The van der Waals surface area contributed by atoms with Crippen LogP contribution in [0.3, 0.4) is 0 Å². The molecular weight excluding hydrogens is 208 g/mol. The summed E-state index contributed by atoms with van der Waals surface area (Å²) in [4.78, 5) is 18.5. The van der Waals surface area contributed by atoms with Crippen LogP contribution in [0.15, 0.2) is 42.7 Å². The van der Waals surface area contributed by atoms with E-state index in [2.05, 4.69) is 9.97 Å². The van der Waals surface area contributed by atoms with Crippen LogP contribution in [0.5, 0.6) is 11.8 Å². The molecule has 80 valence electrons. The van der Waals surface area contributed by atoms with Gasteiger partial charge in [-0.2, -0.15) is 0 Å². The van der Waals surface area contributed by atoms with Gasteiger partial charge in [-0.05, 0) is 24.3 Å². The fraction of sp³-hybridized carbons (Fsp3) is 0. The molecule has 0 saturated carbocycles. The molecule has 0 bridgehead atoms. The number of nitrogens with zero attached hydrogens (tertiary/aromatic N) is 2. The first-order chi connectivity index (χ1) is 7.75. The monoisotopic (exact) mass is 216 g/mol. The number of ether oxygens (including phenoxy) is 1. The van der Waals surface area contributed by atoms with Gasteiger partial charge in [0, 0.05) is 12.4 Å². The van der Waals surface area contributed by atoms with Crippen LogP contribution in [0.4, 0.5) is 0 Å². The van der Waals surface area contributed by atoms with Crippen molar-refractivity contribution in [2.75, 3.05) is 0 Å². The topological polar surface area (TPSA) is 72.3 Å². The molecule has 0 aliphatic carbocycles. The predicted molar refractivity (Wildman–Crippen MR) is 55.5 cm³/mol. The van der Waals surface area contributed by atoms with Crippen molar-refractivity contribution in [3.8, 4) is 11.8 Å². The Kier molecular flexibility index (Phi) is 2.77. The van der Waals surface area contributed by atoms with E-state index >= 15 is 0 Å². The summed E-state index contributed by atoms with van der Waals surface area (Å²) in [7, 11) is 0. The maximum absolute atomic E-state index is 10.7. The third-order valence-corrected chi connectivity index (χ3v) is 1.83. The van der Waals surface area contributed by atoms with Gasteiger partial charge in [0.1, 0.15) is 5.75 Å². The number of benzene rings is 1. The van der Waals surface area contributed by atoms with Crippen molar-refractivity contribution in [3.63, 3.8) is 0 Å². The Balaban J connectivity index is 2.22. The van der Waals surface area contributed by atoms with Crippen LogP contribution in [-0.4, -0.2) is 21.0 Å². The van der Waals surface area contributed by atoms with Crippen LogP contribution in [0.1, 0.15) is 10.4 Å². The van der Waals surface area contributed by atoms with E-state index in [4.69, 9.17) is 9.84 Å². The molecule has 5 heteroatoms. The zero-order valence-electron chi connectivity index (χ0n) is 8.20. The van der Waals surface area contributed by atoms with Gasteiger partial charge in [-0.25, -0.2) is 14.8 Å². The highest BCUT2D eigenvalue weighted by atomic mass is 16.5. The number of carboxylic acids is 1. The van der Waals surface area contributed by atoms with Crippen LogP contribution in [0.25, 0.3) is 0 Å². The molecule has 0 fully saturated rings. The zero-order valence-corrected chi connectivity index (χ0v) is 8.20. The Labute approximate surface area is 91.4 Å². The molecule has 2 rings (SSSR count). The van der Waals surface area contributed by atoms with Crippen LogP contribution in [0, 0.1) is 0 Å². The molecule has 0 aliphatic rings. The van der Waals surface area contributed by atoms with Crippen molar-refractivity contribution in [2.45, 2.75) is 0 Å². The van der Waals surface area contributed by atoms with Gasteiger partial charge in [-0.1, -0.05) is 6.07 Å². The Morgan fingerprint density at radius 2 is 1.94 bits per heavy atom. The largest absolute Gasteiger partial charge is 0.478 e. The predicted octanol–water partition coefficient (Wildman–Crippen LogP) is 1.97. The minimum atomic E-state index is -1.00. The van der Waals surface area contributed by atoms with E-state index in [-0.39, 0.29) is 11.6 Å². The third-order valence-electron chi connectivity index (χ3n) is 1.83. The van der Waals surface area contributed by atoms with Gasteiger partial charge in [0.15, 0.2) is 0 Å². The number of carboxylic acid groups (broad SMARTS) is 1. The molecule has 1 aromatic heterocycles. The molecule has 1 aromatic carbocycles. The second-order valence-electron chi connectivity index (χ2n) is 2.97. The molecule has 0 atom stereocenters. The number of carbonyl (C=O) groups is 1. The molecule has 1 heterocycles. The molecule has 0 radical (unpaired) electrons. The summed E-state index contributed by atoms with van der Waals surface area (Å²) >= 11 is 0. The second-order valence-corrected chi connectivity index (χ2v) is 2.97. The SMILES string of the molecule is O=C(O)c1cccc(Oc2ncccn2)c1. The lowest BCUT2D eigenvalue weighted by Crippen LogP contribution is -1.97. The fourth-order valence-corrected chi connectivity index (χ4v) is 1.14. The first kappa shape index (κ1) is 10.1. The highest BCUT2D eigenvalue weighted by molar-refractivity contribution is 5.88. The molecule has 2 aromatic rings. The lowest BCUT2D eigenvalue weighted by atomic mass is 10.2. The standard InChI is InChI=1S/C11H8N2O3/c14-10(15)8-3-1-4-9(7-8)16-11-12-5-2-6-13-11/h1-7H,(H,14,15). The number of aromatic carboxylic acids is 1. The first-order valence-corrected chi connectivity index (χ1v) is 4.54. The van der Waals surface area contributed by atoms with Gasteiger partial charge in [-0.15, -0.1) is 0 Å². The van der Waals surface area contributed by atoms with Crippen LogP contribution >= 0.6 is 0 Å². The summed E-state index contributed by atoms with van der Waals surface area (Å²) in [6.45, 7) is 0. The Hall–Kier alpha value is -2.43. The van der Waals surface area contributed by atoms with Crippen molar-refractivity contribution in [2.24, 2.45) is 0 Å². The molecule has 16 heavy (non-hydrogen) atoms. The van der Waals surface area contributed by atoms with Gasteiger partial charge >= 0.3 is 12.0 Å². The Morgan fingerprint density at radius 3 is 2.62 bits per heavy atom. The minimum Gasteiger partial charge on any atom is -0.478 e. The van der Waals surface area contributed by atoms with Crippen molar-refractivity contribution in [3.05, 3.63) is 48.3 Å². The van der Waals surface area contributed by atoms with Crippen molar-refractivity contribution in [1.82, 2.24) is 9.97 Å². The molecule has 1 N–H and O–H groups in total. The minimum absolute atomic E-state index is 0.161. The van der Waals surface area contributed by atoms with Crippen molar-refractivity contribution >= 4 is 5.97 Å². The van der Waals surface area contributed by atoms with E-state index in [0.29, 0.717) is 5.75 Å². The summed E-state index contributed by atoms with van der Waals surface area (Å²) in [6, 6.07) is 8.00. The average molecular weight is 216 g/mol. The number of hydrogen-bond acceptors (Lipinski definition) is 4. The fourth-order valence-electron chi connectivity index (χ4n) is 1.14. The molecule has 0 spiro atoms. The van der Waals surface area contributed by atoms with E-state index in [9.17, 15) is 4.79 Å². The van der Waals surface area contributed by atoms with Gasteiger partial charge in [0.05, 0.1) is 5.56 Å². The van der Waals surface area contributed by atoms with Crippen molar-refractivity contribution < 1.29 is 14.6 Å². The quantitative estimate of drug-likeness (QED) is 0.849. The summed E-state index contributed by atoms with van der Waals surface area (Å²) < 4.78 is 5.28. The summed E-state index contributed by atoms with van der Waals surface area (Å²) in [6.07, 6.45) is 3.09. The second kappa shape index (κ2) is 4.39. The van der Waals surface area contributed by atoms with Crippen LogP contribution < -0.4 is 4.74 Å². The Morgan fingerprint density at radius 1 is 1.19 bits per heavy atom. The third kappa shape index (κ3) is 2.33. The zero-order chi connectivity index (χ0) is 11.4. The lowest BCUT2D eigenvalue weighted by molar-refractivity contribution is 0.0696. The lowest BCUT2D eigenvalue weighted by Gasteiger charge is -2.03. The smallest absolute Gasteiger partial charge is 0.335 e. The van der Waals surface area contributed by atoms with E-state index in [1.165, 1.54) is 12.1 Å². The molecule has 0 aliphatic heterocycles. The summed E-state index contributed by atoms with van der Waals surface area (Å²) in [5.74, 6) is -0.606. The number of hydrogen-bond donors (Lipinski definition) is 1. The van der Waals surface area contributed by atoms with E-state index in [1.54, 1.807) is 30.6 Å². The van der Waals surface area contributed by atoms with E-state index in [0.717, 1.165) is 0 Å². The van der Waals surface area contributed by atoms with E-state index < -0.39 is 5.97 Å². The summed E-state index contributed by atoms with van der Waals surface area (Å²) in [5, 5.41) is 8.79. The number of rotatable bonds is 3. The maximum Gasteiger partial charge on any atom is 0.335 e. The molecule has 0 amide bonds. The number of aromatic nitrogens is 2. The molecule has 5 nitrogen and oxygen atoms in total. The first-order valence-electron chi connectivity index (χ1n) is 4.54. The summed E-state index contributed by atoms with van der Waals surface area (Å²) in [5.41, 5.74) is 0.161. The van der Waals surface area contributed by atoms with Gasteiger partial charge < -0.3 is 9.84 Å². The molecular formula is C11H8N2O3. The average Bonchev–Trinajstić information content (AvgIpc) is 2.30. The molecule has 0 saturated heterocycles. The Bertz CT molecular complexity index is 500. The maximum atomic E-state index is 10.7. The van der Waals surface area contributed by atoms with Crippen molar-refractivity contribution in [1.29, 1.82) is 0 Å².